The van der Waals surface area contributed by atoms with Gasteiger partial charge in [-0.25, -0.2) is 9.37 Å². The number of carbonyl (C=O) groups excluding carboxylic acids is 1. The van der Waals surface area contributed by atoms with Gasteiger partial charge in [0.2, 0.25) is 0 Å². The molecule has 0 spiro atoms. The van der Waals surface area contributed by atoms with E-state index in [1.807, 2.05) is 48.7 Å². The highest BCUT2D eigenvalue weighted by Crippen LogP contribution is 2.36. The Morgan fingerprint density at radius 2 is 1.94 bits per heavy atom. The summed E-state index contributed by atoms with van der Waals surface area (Å²) in [6.07, 6.45) is 0. The third kappa shape index (κ3) is 5.23. The van der Waals surface area contributed by atoms with Crippen molar-refractivity contribution in [3.8, 4) is 26.8 Å². The number of hydrogen-bond donors (Lipinski definition) is 1. The maximum absolute atomic E-state index is 13.5. The van der Waals surface area contributed by atoms with Crippen LogP contribution in [-0.2, 0) is 4.79 Å². The molecule has 4 nitrogen and oxygen atoms in total. The number of ether oxygens (including phenoxy) is 1. The lowest BCUT2D eigenvalue weighted by Gasteiger charge is -2.14. The first-order valence-electron chi connectivity index (χ1n) is 10.2. The molecule has 4 rings (SSSR count). The zero-order chi connectivity index (χ0) is 22.7. The molecule has 0 aliphatic carbocycles. The summed E-state index contributed by atoms with van der Waals surface area (Å²) >= 11 is 2.89. The Kier molecular flexibility index (Phi) is 6.67. The predicted molar refractivity (Wildman–Crippen MR) is 130 cm³/mol. The number of benzene rings is 2. The Morgan fingerprint density at radius 1 is 1.12 bits per heavy atom. The Hall–Kier alpha value is -3.03. The van der Waals surface area contributed by atoms with Crippen molar-refractivity contribution in [3.63, 3.8) is 0 Å². The first-order valence-corrected chi connectivity index (χ1v) is 11.9. The number of aryl methyl sites for hydroxylation is 1. The third-order valence-corrected chi connectivity index (χ3v) is 6.78. The van der Waals surface area contributed by atoms with Crippen molar-refractivity contribution < 1.29 is 13.9 Å². The number of aromatic nitrogens is 1. The molecule has 0 unspecified atom stereocenters. The molecule has 7 heteroatoms. The van der Waals surface area contributed by atoms with Crippen LogP contribution in [0.4, 0.5) is 9.52 Å². The van der Waals surface area contributed by atoms with Crippen LogP contribution in [0.5, 0.6) is 5.75 Å². The number of thiophene rings is 1. The molecular formula is C25H23FN2O2S2. The molecule has 0 bridgehead atoms. The van der Waals surface area contributed by atoms with E-state index in [-0.39, 0.29) is 18.3 Å². The maximum Gasteiger partial charge on any atom is 0.264 e. The van der Waals surface area contributed by atoms with Crippen LogP contribution in [0, 0.1) is 12.7 Å². The van der Waals surface area contributed by atoms with Crippen LogP contribution < -0.4 is 10.1 Å². The third-order valence-electron chi connectivity index (χ3n) is 4.87. The van der Waals surface area contributed by atoms with Crippen molar-refractivity contribution in [2.24, 2.45) is 0 Å². The summed E-state index contributed by atoms with van der Waals surface area (Å²) in [6.45, 7) is 6.11. The smallest absolute Gasteiger partial charge is 0.264 e. The van der Waals surface area contributed by atoms with E-state index in [0.717, 1.165) is 37.9 Å². The van der Waals surface area contributed by atoms with Gasteiger partial charge in [0.25, 0.3) is 5.91 Å². The number of carbonyl (C=O) groups is 1. The van der Waals surface area contributed by atoms with Crippen LogP contribution in [0.2, 0.25) is 0 Å². The second-order valence-corrected chi connectivity index (χ2v) is 9.69. The topological polar surface area (TPSA) is 51.2 Å². The Morgan fingerprint density at radius 3 is 2.72 bits per heavy atom. The molecular weight excluding hydrogens is 443 g/mol. The van der Waals surface area contributed by atoms with E-state index in [0.29, 0.717) is 11.0 Å². The average molecular weight is 467 g/mol. The van der Waals surface area contributed by atoms with Crippen LogP contribution in [0.15, 0.2) is 60.0 Å². The normalized spacial score (nSPS) is 11.0. The summed E-state index contributed by atoms with van der Waals surface area (Å²) in [7, 11) is 0. The molecule has 4 aromatic rings. The molecule has 0 radical (unpaired) electrons. The predicted octanol–water partition coefficient (Wildman–Crippen LogP) is 7.13. The first kappa shape index (κ1) is 22.2. The van der Waals surface area contributed by atoms with Gasteiger partial charge in [0.15, 0.2) is 11.7 Å². The lowest BCUT2D eigenvalue weighted by Crippen LogP contribution is -2.20. The minimum Gasteiger partial charge on any atom is -0.483 e. The molecule has 0 saturated carbocycles. The van der Waals surface area contributed by atoms with Gasteiger partial charge >= 0.3 is 0 Å². The first-order chi connectivity index (χ1) is 15.4. The highest BCUT2D eigenvalue weighted by Gasteiger charge is 2.13. The van der Waals surface area contributed by atoms with Crippen LogP contribution in [0.3, 0.4) is 0 Å². The minimum absolute atomic E-state index is 0.0825. The van der Waals surface area contributed by atoms with E-state index in [1.165, 1.54) is 34.8 Å². The maximum atomic E-state index is 13.5. The number of halogens is 1. The number of amides is 1. The lowest BCUT2D eigenvalue weighted by molar-refractivity contribution is -0.118. The van der Waals surface area contributed by atoms with Gasteiger partial charge in [0.05, 0.1) is 10.6 Å². The van der Waals surface area contributed by atoms with Crippen molar-refractivity contribution in [2.75, 3.05) is 11.9 Å². The van der Waals surface area contributed by atoms with E-state index in [4.69, 9.17) is 4.74 Å². The van der Waals surface area contributed by atoms with Crippen LogP contribution >= 0.6 is 22.7 Å². The number of nitrogens with zero attached hydrogens (tertiary/aromatic N) is 1. The molecule has 164 valence electrons. The average Bonchev–Trinajstić information content (AvgIpc) is 3.42. The zero-order valence-corrected chi connectivity index (χ0v) is 19.6. The largest absolute Gasteiger partial charge is 0.483 e. The highest BCUT2D eigenvalue weighted by atomic mass is 32.1. The Bertz CT molecular complexity index is 1250. The molecule has 0 saturated heterocycles. The van der Waals surface area contributed by atoms with Crippen molar-refractivity contribution in [3.05, 3.63) is 76.9 Å². The van der Waals surface area contributed by atoms with Crippen LogP contribution in [0.25, 0.3) is 21.0 Å². The van der Waals surface area contributed by atoms with Gasteiger partial charge in [-0.3, -0.25) is 10.1 Å². The fourth-order valence-electron chi connectivity index (χ4n) is 3.26. The van der Waals surface area contributed by atoms with Crippen molar-refractivity contribution in [1.29, 1.82) is 0 Å². The van der Waals surface area contributed by atoms with Gasteiger partial charge in [0, 0.05) is 10.3 Å². The minimum atomic E-state index is -0.260. The molecule has 2 aromatic carbocycles. The summed E-state index contributed by atoms with van der Waals surface area (Å²) < 4.78 is 19.3. The van der Waals surface area contributed by atoms with Crippen molar-refractivity contribution >= 4 is 33.7 Å². The van der Waals surface area contributed by atoms with Crippen LogP contribution in [-0.4, -0.2) is 17.5 Å². The van der Waals surface area contributed by atoms with Gasteiger partial charge < -0.3 is 4.74 Å². The number of hydrogen-bond acceptors (Lipinski definition) is 5. The highest BCUT2D eigenvalue weighted by molar-refractivity contribution is 7.19. The molecule has 0 atom stereocenters. The van der Waals surface area contributed by atoms with Crippen molar-refractivity contribution in [1.82, 2.24) is 4.98 Å². The van der Waals surface area contributed by atoms with Gasteiger partial charge in [-0.15, -0.1) is 22.7 Å². The van der Waals surface area contributed by atoms with Crippen LogP contribution in [0.1, 0.15) is 30.9 Å². The van der Waals surface area contributed by atoms with E-state index in [1.54, 1.807) is 6.07 Å². The van der Waals surface area contributed by atoms with Gasteiger partial charge in [-0.2, -0.15) is 0 Å². The summed E-state index contributed by atoms with van der Waals surface area (Å²) in [5.74, 6) is 0.523. The fraction of sp³-hybridized carbons (Fsp3) is 0.200. The Labute approximate surface area is 194 Å². The van der Waals surface area contributed by atoms with Gasteiger partial charge in [-0.1, -0.05) is 38.1 Å². The molecule has 0 aliphatic rings. The summed E-state index contributed by atoms with van der Waals surface area (Å²) in [5, 5.41) is 5.22. The second-order valence-electron chi connectivity index (χ2n) is 7.74. The van der Waals surface area contributed by atoms with Gasteiger partial charge in [0.1, 0.15) is 11.6 Å². The van der Waals surface area contributed by atoms with Gasteiger partial charge in [-0.05, 0) is 59.9 Å². The standard InChI is InChI=1S/C25H23FN2O2S2/c1-15(2)19-8-7-16(3)11-21(19)30-13-24(29)28-25-27-20(14-31-25)23-10-9-22(32-23)17-5-4-6-18(26)12-17/h4-12,14-15H,13H2,1-3H3,(H,27,28,29). The zero-order valence-electron chi connectivity index (χ0n) is 18.0. The fourth-order valence-corrected chi connectivity index (χ4v) is 5.02. The second kappa shape index (κ2) is 9.63. The number of anilines is 1. The van der Waals surface area contributed by atoms with E-state index >= 15 is 0 Å². The summed E-state index contributed by atoms with van der Waals surface area (Å²) in [6, 6.07) is 16.5. The quantitative estimate of drug-likeness (QED) is 0.315. The molecule has 2 aromatic heterocycles. The Balaban J connectivity index is 1.40. The van der Waals surface area contributed by atoms with Crippen molar-refractivity contribution in [2.45, 2.75) is 26.7 Å². The van der Waals surface area contributed by atoms with E-state index < -0.39 is 0 Å². The molecule has 1 N–H and O–H groups in total. The SMILES string of the molecule is Cc1ccc(C(C)C)c(OCC(=O)Nc2nc(-c3ccc(-c4cccc(F)c4)s3)cs2)c1. The monoisotopic (exact) mass is 466 g/mol. The number of nitrogens with one attached hydrogen (secondary N) is 1. The number of thiazole rings is 1. The summed E-state index contributed by atoms with van der Waals surface area (Å²) in [5.41, 5.74) is 3.77. The molecule has 0 aliphatic heterocycles. The van der Waals surface area contributed by atoms with E-state index in [9.17, 15) is 9.18 Å². The number of rotatable bonds is 7. The molecule has 1 amide bonds. The molecule has 2 heterocycles. The molecule has 32 heavy (non-hydrogen) atoms. The lowest BCUT2D eigenvalue weighted by atomic mass is 10.0. The molecule has 0 fully saturated rings. The summed E-state index contributed by atoms with van der Waals surface area (Å²) in [4.78, 5) is 18.9. The van der Waals surface area contributed by atoms with E-state index in [2.05, 4.69) is 24.1 Å².